The molecule has 6 heteroatoms. The monoisotopic (exact) mass is 723 g/mol. The van der Waals surface area contributed by atoms with Crippen LogP contribution >= 0.6 is 11.8 Å². The molecule has 0 bridgehead atoms. The smallest absolute Gasteiger partial charge is 0.238 e. The van der Waals surface area contributed by atoms with Gasteiger partial charge in [-0.15, -0.1) is 0 Å². The van der Waals surface area contributed by atoms with E-state index >= 15 is 0 Å². The van der Waals surface area contributed by atoms with Crippen molar-refractivity contribution in [3.63, 3.8) is 0 Å². The minimum absolute atomic E-state index is 0.221. The number of thioether (sulfide) groups is 1. The van der Waals surface area contributed by atoms with Gasteiger partial charge in [-0.2, -0.15) is 9.97 Å². The number of hydrogen-bond acceptors (Lipinski definition) is 5. The Kier molecular flexibility index (Phi) is 7.49. The van der Waals surface area contributed by atoms with Gasteiger partial charge >= 0.3 is 0 Å². The van der Waals surface area contributed by atoms with Gasteiger partial charge in [0.05, 0.1) is 22.4 Å². The van der Waals surface area contributed by atoms with Crippen molar-refractivity contribution in [2.45, 2.75) is 17.2 Å². The molecule has 1 aliphatic heterocycles. The van der Waals surface area contributed by atoms with Crippen LogP contribution in [0.5, 0.6) is 0 Å². The lowest BCUT2D eigenvalue weighted by atomic mass is 9.89. The highest BCUT2D eigenvalue weighted by molar-refractivity contribution is 8.03. The first-order chi connectivity index (χ1) is 27.3. The molecule has 7 aromatic carbocycles. The molecule has 0 amide bonds. The molecule has 0 saturated carbocycles. The van der Waals surface area contributed by atoms with Crippen molar-refractivity contribution in [2.75, 3.05) is 4.90 Å². The summed E-state index contributed by atoms with van der Waals surface area (Å²) in [7, 11) is 0. The van der Waals surface area contributed by atoms with E-state index in [0.29, 0.717) is 17.6 Å². The van der Waals surface area contributed by atoms with Gasteiger partial charge in [0.15, 0.2) is 11.6 Å². The number of para-hydroxylation sites is 2. The summed E-state index contributed by atoms with van der Waals surface area (Å²) in [6.07, 6.45) is 5.82. The summed E-state index contributed by atoms with van der Waals surface area (Å²) in [5, 5.41) is 4.81. The van der Waals surface area contributed by atoms with Crippen molar-refractivity contribution in [3.8, 4) is 28.7 Å². The SMILES string of the molecule is C1=C2Sc3ccccc3N(c3ccccc3)C2=CCC1c1ccc2c(c1)c1c3ccccc3ccc1n2-c1nc(-c2ccccc2)nc(-c2ccccc2)n1. The molecule has 9 aromatic rings. The van der Waals surface area contributed by atoms with Crippen molar-refractivity contribution in [3.05, 3.63) is 198 Å². The first kappa shape index (κ1) is 31.7. The molecule has 55 heavy (non-hydrogen) atoms. The summed E-state index contributed by atoms with van der Waals surface area (Å²) in [6.45, 7) is 0. The number of anilines is 2. The number of hydrogen-bond donors (Lipinski definition) is 0. The largest absolute Gasteiger partial charge is 0.309 e. The van der Waals surface area contributed by atoms with Gasteiger partial charge in [0.1, 0.15) is 0 Å². The van der Waals surface area contributed by atoms with Crippen LogP contribution in [0.2, 0.25) is 0 Å². The molecule has 5 nitrogen and oxygen atoms in total. The minimum Gasteiger partial charge on any atom is -0.309 e. The predicted octanol–water partition coefficient (Wildman–Crippen LogP) is 12.7. The maximum Gasteiger partial charge on any atom is 0.238 e. The second-order valence-electron chi connectivity index (χ2n) is 14.0. The fraction of sp³-hybridized carbons (Fsp3) is 0.0408. The maximum atomic E-state index is 5.18. The zero-order chi connectivity index (χ0) is 36.3. The van der Waals surface area contributed by atoms with Crippen molar-refractivity contribution in [2.24, 2.45) is 0 Å². The maximum absolute atomic E-state index is 5.18. The number of rotatable bonds is 5. The Morgan fingerprint density at radius 2 is 1.22 bits per heavy atom. The Bertz CT molecular complexity index is 2930. The number of allylic oxidation sites excluding steroid dienone is 2. The Labute approximate surface area is 323 Å². The minimum atomic E-state index is 0.221. The van der Waals surface area contributed by atoms with Crippen LogP contribution in [0.15, 0.2) is 198 Å². The third-order valence-corrected chi connectivity index (χ3v) is 11.9. The molecule has 0 spiro atoms. The van der Waals surface area contributed by atoms with Gasteiger partial charge in [-0.05, 0) is 65.2 Å². The zero-order valence-electron chi connectivity index (χ0n) is 29.7. The standard InChI is InChI=1S/C49H33N5S/c1-4-15-33(16-5-1)47-50-48(34-17-6-2-7-18-34)52-49(51-47)54-40-27-25-35(30-39(40)46-38-21-11-10-14-32(38)24-29-43(46)54)36-26-28-42-45(31-36)55-44-23-13-12-22-41(44)53(42)37-19-8-3-9-20-37/h1-25,27-31,36H,26H2. The van der Waals surface area contributed by atoms with Crippen LogP contribution in [0, 0.1) is 0 Å². The predicted molar refractivity (Wildman–Crippen MR) is 227 cm³/mol. The lowest BCUT2D eigenvalue weighted by Crippen LogP contribution is -2.23. The zero-order valence-corrected chi connectivity index (χ0v) is 30.6. The number of benzene rings is 7. The van der Waals surface area contributed by atoms with E-state index in [4.69, 9.17) is 15.0 Å². The van der Waals surface area contributed by atoms with Crippen molar-refractivity contribution >= 4 is 55.7 Å². The molecule has 0 saturated heterocycles. The van der Waals surface area contributed by atoms with Crippen LogP contribution in [0.25, 0.3) is 61.3 Å². The average Bonchev–Trinajstić information content (AvgIpc) is 3.60. The van der Waals surface area contributed by atoms with E-state index < -0.39 is 0 Å². The van der Waals surface area contributed by atoms with Gasteiger partial charge in [0.25, 0.3) is 0 Å². The number of fused-ring (bicyclic) bond motifs is 7. The molecule has 0 fully saturated rings. The fourth-order valence-electron chi connectivity index (χ4n) is 8.18. The van der Waals surface area contributed by atoms with E-state index in [1.165, 1.54) is 54.0 Å². The fourth-order valence-corrected chi connectivity index (χ4v) is 9.34. The molecular weight excluding hydrogens is 691 g/mol. The normalized spacial score (nSPS) is 15.1. The molecule has 1 atom stereocenters. The van der Waals surface area contributed by atoms with Crippen LogP contribution in [-0.2, 0) is 0 Å². The summed E-state index contributed by atoms with van der Waals surface area (Å²) in [5.41, 5.74) is 8.98. The lowest BCUT2D eigenvalue weighted by Gasteiger charge is -2.37. The lowest BCUT2D eigenvalue weighted by molar-refractivity contribution is 0.836. The van der Waals surface area contributed by atoms with Crippen LogP contribution in [0.4, 0.5) is 11.4 Å². The van der Waals surface area contributed by atoms with Crippen molar-refractivity contribution in [1.82, 2.24) is 19.5 Å². The summed E-state index contributed by atoms with van der Waals surface area (Å²) >= 11 is 1.87. The quantitative estimate of drug-likeness (QED) is 0.177. The van der Waals surface area contributed by atoms with E-state index in [1.807, 2.05) is 48.2 Å². The molecule has 2 aliphatic rings. The first-order valence-corrected chi connectivity index (χ1v) is 19.5. The molecular formula is C49H33N5S. The second kappa shape index (κ2) is 13.0. The van der Waals surface area contributed by atoms with Gasteiger partial charge in [0.2, 0.25) is 5.95 Å². The third-order valence-electron chi connectivity index (χ3n) is 10.7. The Morgan fingerprint density at radius 1 is 0.564 bits per heavy atom. The summed E-state index contributed by atoms with van der Waals surface area (Å²) in [5.74, 6) is 2.11. The van der Waals surface area contributed by atoms with Gasteiger partial charge in [-0.1, -0.05) is 151 Å². The van der Waals surface area contributed by atoms with Crippen molar-refractivity contribution < 1.29 is 0 Å². The highest BCUT2D eigenvalue weighted by Gasteiger charge is 2.30. The number of aromatic nitrogens is 4. The number of nitrogens with zero attached hydrogens (tertiary/aromatic N) is 5. The highest BCUT2D eigenvalue weighted by atomic mass is 32.2. The van der Waals surface area contributed by atoms with E-state index in [0.717, 1.165) is 28.6 Å². The van der Waals surface area contributed by atoms with Crippen LogP contribution < -0.4 is 4.90 Å². The molecule has 2 aromatic heterocycles. The topological polar surface area (TPSA) is 46.8 Å². The van der Waals surface area contributed by atoms with Gasteiger partial charge in [0, 0.05) is 43.3 Å². The molecule has 3 heterocycles. The third kappa shape index (κ3) is 5.37. The first-order valence-electron chi connectivity index (χ1n) is 18.6. The summed E-state index contributed by atoms with van der Waals surface area (Å²) in [4.78, 5) is 20.3. The molecule has 1 unspecified atom stereocenters. The van der Waals surface area contributed by atoms with Gasteiger partial charge in [-0.3, -0.25) is 4.57 Å². The molecule has 0 radical (unpaired) electrons. The van der Waals surface area contributed by atoms with Crippen molar-refractivity contribution in [1.29, 1.82) is 0 Å². The van der Waals surface area contributed by atoms with Crippen LogP contribution in [0.3, 0.4) is 0 Å². The summed E-state index contributed by atoms with van der Waals surface area (Å²) in [6, 6.07) is 59.9. The second-order valence-corrected chi connectivity index (χ2v) is 15.1. The molecule has 0 N–H and O–H groups in total. The van der Waals surface area contributed by atoms with E-state index in [9.17, 15) is 0 Å². The van der Waals surface area contributed by atoms with E-state index in [-0.39, 0.29) is 5.92 Å². The van der Waals surface area contributed by atoms with E-state index in [1.54, 1.807) is 0 Å². The average molecular weight is 724 g/mol. The van der Waals surface area contributed by atoms with E-state index in [2.05, 4.69) is 155 Å². The Balaban J connectivity index is 1.09. The van der Waals surface area contributed by atoms with Gasteiger partial charge in [-0.25, -0.2) is 4.98 Å². The van der Waals surface area contributed by atoms with Gasteiger partial charge < -0.3 is 4.90 Å². The molecule has 260 valence electrons. The Hall–Kier alpha value is -6.76. The molecule has 11 rings (SSSR count). The highest BCUT2D eigenvalue weighted by Crippen LogP contribution is 2.52. The Morgan fingerprint density at radius 3 is 1.98 bits per heavy atom. The van der Waals surface area contributed by atoms with Crippen LogP contribution in [0.1, 0.15) is 17.9 Å². The molecule has 1 aliphatic carbocycles. The summed E-state index contributed by atoms with van der Waals surface area (Å²) < 4.78 is 2.23. The van der Waals surface area contributed by atoms with Crippen LogP contribution in [-0.4, -0.2) is 19.5 Å².